The normalized spacial score (nSPS) is 22.7. The van der Waals surface area contributed by atoms with Gasteiger partial charge >= 0.3 is 0 Å². The molecule has 0 spiro atoms. The van der Waals surface area contributed by atoms with Crippen LogP contribution in [0.2, 0.25) is 0 Å². The van der Waals surface area contributed by atoms with Crippen LogP contribution < -0.4 is 5.32 Å². The molecule has 2 saturated heterocycles. The lowest BCUT2D eigenvalue weighted by Crippen LogP contribution is -2.62. The number of hydrogen-bond donors (Lipinski definition) is 2. The summed E-state index contributed by atoms with van der Waals surface area (Å²) >= 11 is 0. The van der Waals surface area contributed by atoms with Gasteiger partial charge in [-0.3, -0.25) is 0 Å². The first kappa shape index (κ1) is 10.6. The van der Waals surface area contributed by atoms with E-state index in [9.17, 15) is 0 Å². The Bertz CT molecular complexity index is 594. The molecule has 2 aliphatic heterocycles. The van der Waals surface area contributed by atoms with E-state index >= 15 is 0 Å². The van der Waals surface area contributed by atoms with Gasteiger partial charge in [0.05, 0.1) is 13.2 Å². The fourth-order valence-corrected chi connectivity index (χ4v) is 3.50. The van der Waals surface area contributed by atoms with E-state index in [-0.39, 0.29) is 5.41 Å². The molecule has 0 atom stereocenters. The van der Waals surface area contributed by atoms with Crippen molar-refractivity contribution in [1.29, 1.82) is 0 Å². The number of aryl methyl sites for hydroxylation is 1. The summed E-state index contributed by atoms with van der Waals surface area (Å²) in [6, 6.07) is 8.63. The number of H-pyrrole nitrogens is 1. The minimum absolute atomic E-state index is 0.245. The van der Waals surface area contributed by atoms with E-state index < -0.39 is 0 Å². The molecule has 3 heteroatoms. The number of rotatable bonds is 2. The average molecular weight is 242 g/mol. The fourth-order valence-electron chi connectivity index (χ4n) is 3.50. The van der Waals surface area contributed by atoms with Gasteiger partial charge in [-0.15, -0.1) is 0 Å². The Morgan fingerprint density at radius 2 is 2.00 bits per heavy atom. The van der Waals surface area contributed by atoms with Crippen molar-refractivity contribution in [3.8, 4) is 0 Å². The topological polar surface area (TPSA) is 37.0 Å². The van der Waals surface area contributed by atoms with Crippen LogP contribution in [0.15, 0.2) is 24.3 Å². The predicted molar refractivity (Wildman–Crippen MR) is 71.9 cm³/mol. The second kappa shape index (κ2) is 3.59. The standard InChI is InChI=1S/C15H18N2O/c1-10-14(12-4-2-3-5-13(12)17-10)15(8-18-9-15)11-6-16-7-11/h2-5,11,16-17H,6-9H2,1H3. The molecule has 2 aliphatic rings. The third-order valence-corrected chi connectivity index (χ3v) is 4.67. The number of para-hydroxylation sites is 1. The lowest BCUT2D eigenvalue weighted by molar-refractivity contribution is -0.100. The van der Waals surface area contributed by atoms with Gasteiger partial charge in [-0.2, -0.15) is 0 Å². The SMILES string of the molecule is Cc1[nH]c2ccccc2c1C1(C2CNC2)COC1. The van der Waals surface area contributed by atoms with Crippen LogP contribution in [0.5, 0.6) is 0 Å². The molecule has 0 unspecified atom stereocenters. The smallest absolute Gasteiger partial charge is 0.0590 e. The molecule has 2 aromatic rings. The second-order valence-corrected chi connectivity index (χ2v) is 5.67. The zero-order valence-corrected chi connectivity index (χ0v) is 10.6. The monoisotopic (exact) mass is 242 g/mol. The molecule has 94 valence electrons. The second-order valence-electron chi connectivity index (χ2n) is 5.67. The van der Waals surface area contributed by atoms with Crippen LogP contribution in [0, 0.1) is 12.8 Å². The van der Waals surface area contributed by atoms with Gasteiger partial charge < -0.3 is 15.0 Å². The van der Waals surface area contributed by atoms with Crippen LogP contribution >= 0.6 is 0 Å². The highest BCUT2D eigenvalue weighted by Crippen LogP contribution is 2.45. The quantitative estimate of drug-likeness (QED) is 0.844. The summed E-state index contributed by atoms with van der Waals surface area (Å²) in [5.74, 6) is 0.726. The largest absolute Gasteiger partial charge is 0.379 e. The Morgan fingerprint density at radius 1 is 1.22 bits per heavy atom. The van der Waals surface area contributed by atoms with Crippen molar-refractivity contribution in [2.24, 2.45) is 5.92 Å². The van der Waals surface area contributed by atoms with Crippen LogP contribution in [0.4, 0.5) is 0 Å². The Hall–Kier alpha value is -1.32. The van der Waals surface area contributed by atoms with E-state index in [1.807, 2.05) is 0 Å². The van der Waals surface area contributed by atoms with Crippen molar-refractivity contribution in [3.05, 3.63) is 35.5 Å². The molecule has 0 saturated carbocycles. The summed E-state index contributed by atoms with van der Waals surface area (Å²) in [6.45, 7) is 6.20. The summed E-state index contributed by atoms with van der Waals surface area (Å²) in [5, 5.41) is 4.78. The predicted octanol–water partition coefficient (Wildman–Crippen LogP) is 1.96. The molecular weight excluding hydrogens is 224 g/mol. The Kier molecular flexibility index (Phi) is 2.11. The van der Waals surface area contributed by atoms with Crippen molar-refractivity contribution in [2.75, 3.05) is 26.3 Å². The zero-order valence-electron chi connectivity index (χ0n) is 10.6. The highest BCUT2D eigenvalue weighted by Gasteiger charge is 2.51. The summed E-state index contributed by atoms with van der Waals surface area (Å²) in [5.41, 5.74) is 4.31. The van der Waals surface area contributed by atoms with Gasteiger partial charge in [-0.1, -0.05) is 18.2 Å². The first-order chi connectivity index (χ1) is 8.81. The Balaban J connectivity index is 1.92. The number of nitrogens with one attached hydrogen (secondary N) is 2. The number of benzene rings is 1. The lowest BCUT2D eigenvalue weighted by Gasteiger charge is -2.51. The van der Waals surface area contributed by atoms with Crippen molar-refractivity contribution in [2.45, 2.75) is 12.3 Å². The molecule has 0 amide bonds. The van der Waals surface area contributed by atoms with E-state index in [4.69, 9.17) is 4.74 Å². The Morgan fingerprint density at radius 3 is 2.61 bits per heavy atom. The fraction of sp³-hybridized carbons (Fsp3) is 0.467. The van der Waals surface area contributed by atoms with Crippen molar-refractivity contribution >= 4 is 10.9 Å². The average Bonchev–Trinajstić information content (AvgIpc) is 2.57. The van der Waals surface area contributed by atoms with E-state index in [1.54, 1.807) is 0 Å². The van der Waals surface area contributed by atoms with Crippen molar-refractivity contribution < 1.29 is 4.74 Å². The first-order valence-corrected chi connectivity index (χ1v) is 6.67. The number of aromatic nitrogens is 1. The van der Waals surface area contributed by atoms with Gasteiger partial charge in [-0.25, -0.2) is 0 Å². The highest BCUT2D eigenvalue weighted by molar-refractivity contribution is 5.86. The molecule has 2 N–H and O–H groups in total. The molecule has 3 nitrogen and oxygen atoms in total. The van der Waals surface area contributed by atoms with E-state index in [2.05, 4.69) is 41.5 Å². The van der Waals surface area contributed by atoms with Crippen LogP contribution in [0.1, 0.15) is 11.3 Å². The maximum Gasteiger partial charge on any atom is 0.0590 e. The Labute approximate surface area is 107 Å². The molecule has 18 heavy (non-hydrogen) atoms. The summed E-state index contributed by atoms with van der Waals surface area (Å²) in [4.78, 5) is 3.53. The number of aromatic amines is 1. The highest BCUT2D eigenvalue weighted by atomic mass is 16.5. The van der Waals surface area contributed by atoms with Crippen LogP contribution in [0.25, 0.3) is 10.9 Å². The van der Waals surface area contributed by atoms with Gasteiger partial charge in [0.25, 0.3) is 0 Å². The zero-order chi connectivity index (χ0) is 12.2. The summed E-state index contributed by atoms with van der Waals surface area (Å²) < 4.78 is 5.58. The van der Waals surface area contributed by atoms with E-state index in [0.29, 0.717) is 0 Å². The summed E-state index contributed by atoms with van der Waals surface area (Å²) in [6.07, 6.45) is 0. The maximum atomic E-state index is 5.58. The molecule has 1 aromatic heterocycles. The number of hydrogen-bond acceptors (Lipinski definition) is 2. The maximum absolute atomic E-state index is 5.58. The summed E-state index contributed by atoms with van der Waals surface area (Å²) in [7, 11) is 0. The number of fused-ring (bicyclic) bond motifs is 1. The van der Waals surface area contributed by atoms with Crippen molar-refractivity contribution in [3.63, 3.8) is 0 Å². The van der Waals surface area contributed by atoms with Crippen LogP contribution in [0.3, 0.4) is 0 Å². The lowest BCUT2D eigenvalue weighted by atomic mass is 9.65. The molecule has 2 fully saturated rings. The molecule has 0 bridgehead atoms. The van der Waals surface area contributed by atoms with Crippen LogP contribution in [-0.2, 0) is 10.2 Å². The molecule has 1 aromatic carbocycles. The van der Waals surface area contributed by atoms with Gasteiger partial charge in [0.1, 0.15) is 0 Å². The molecular formula is C15H18N2O. The third-order valence-electron chi connectivity index (χ3n) is 4.67. The third kappa shape index (κ3) is 1.21. The van der Waals surface area contributed by atoms with Gasteiger partial charge in [0, 0.05) is 35.1 Å². The van der Waals surface area contributed by atoms with Gasteiger partial charge in [-0.05, 0) is 24.5 Å². The minimum atomic E-state index is 0.245. The van der Waals surface area contributed by atoms with Gasteiger partial charge in [0.15, 0.2) is 0 Å². The van der Waals surface area contributed by atoms with Crippen LogP contribution in [-0.4, -0.2) is 31.3 Å². The number of ether oxygens (including phenoxy) is 1. The molecule has 4 rings (SSSR count). The molecule has 0 radical (unpaired) electrons. The van der Waals surface area contributed by atoms with Crippen molar-refractivity contribution in [1.82, 2.24) is 10.3 Å². The first-order valence-electron chi connectivity index (χ1n) is 6.67. The molecule has 0 aliphatic carbocycles. The molecule has 3 heterocycles. The van der Waals surface area contributed by atoms with E-state index in [1.165, 1.54) is 22.2 Å². The van der Waals surface area contributed by atoms with Gasteiger partial charge in [0.2, 0.25) is 0 Å². The van der Waals surface area contributed by atoms with E-state index in [0.717, 1.165) is 32.2 Å². The minimum Gasteiger partial charge on any atom is -0.379 e.